The van der Waals surface area contributed by atoms with Crippen LogP contribution in [0.15, 0.2) is 12.1 Å². The molecule has 1 aliphatic heterocycles. The smallest absolute Gasteiger partial charge is 0.295 e. The minimum atomic E-state index is -3.33. The van der Waals surface area contributed by atoms with Crippen LogP contribution in [0.4, 0.5) is 8.78 Å². The van der Waals surface area contributed by atoms with Crippen LogP contribution in [0.3, 0.4) is 0 Å². The van der Waals surface area contributed by atoms with E-state index in [0.29, 0.717) is 0 Å². The summed E-state index contributed by atoms with van der Waals surface area (Å²) >= 11 is 5.72. The van der Waals surface area contributed by atoms with Gasteiger partial charge >= 0.3 is 0 Å². The van der Waals surface area contributed by atoms with E-state index in [-0.39, 0.29) is 28.9 Å². The van der Waals surface area contributed by atoms with E-state index in [1.54, 1.807) is 0 Å². The lowest BCUT2D eigenvalue weighted by molar-refractivity contribution is -0.0557. The molecule has 0 bridgehead atoms. The van der Waals surface area contributed by atoms with E-state index in [0.717, 1.165) is 12.1 Å². The quantitative estimate of drug-likeness (QED) is 0.855. The number of aliphatic hydroxyl groups excluding tert-OH is 1. The van der Waals surface area contributed by atoms with Crippen LogP contribution in [0, 0.1) is 0 Å². The van der Waals surface area contributed by atoms with Gasteiger partial charge in [-0.15, -0.1) is 0 Å². The molecular weight excluding hydrogens is 230 g/mol. The topological polar surface area (TPSA) is 38.7 Å². The molecule has 0 aromatic heterocycles. The Bertz CT molecular complexity index is 395. The minimum absolute atomic E-state index is 0.0385. The number of hydrogen-bond acceptors (Lipinski definition) is 3. The molecule has 0 fully saturated rings. The van der Waals surface area contributed by atoms with Gasteiger partial charge in [0.25, 0.3) is 5.92 Å². The Kier molecular flexibility index (Phi) is 2.44. The number of ether oxygens (including phenoxy) is 2. The Morgan fingerprint density at radius 1 is 1.40 bits per heavy atom. The first-order valence-electron chi connectivity index (χ1n) is 4.13. The molecule has 2 rings (SSSR count). The summed E-state index contributed by atoms with van der Waals surface area (Å²) in [6.45, 7) is -1.31. The lowest BCUT2D eigenvalue weighted by Crippen LogP contribution is -2.18. The molecule has 3 nitrogen and oxygen atoms in total. The van der Waals surface area contributed by atoms with Crippen molar-refractivity contribution in [2.45, 2.75) is 5.92 Å². The fourth-order valence-corrected chi connectivity index (χ4v) is 1.54. The average molecular weight is 237 g/mol. The summed E-state index contributed by atoms with van der Waals surface area (Å²) in [4.78, 5) is 0. The molecule has 0 atom stereocenters. The molecule has 6 heteroatoms. The van der Waals surface area contributed by atoms with Crippen molar-refractivity contribution in [3.05, 3.63) is 22.7 Å². The molecule has 1 aromatic rings. The SMILES string of the molecule is OCC(F)(F)c1cc(Cl)c2c(c1)OCO2. The number of fused-ring (bicyclic) bond motifs is 1. The lowest BCUT2D eigenvalue weighted by Gasteiger charge is -2.14. The second kappa shape index (κ2) is 3.50. The third-order valence-corrected chi connectivity index (χ3v) is 2.33. The zero-order valence-electron chi connectivity index (χ0n) is 7.47. The molecule has 0 spiro atoms. The predicted molar refractivity (Wildman–Crippen MR) is 48.6 cm³/mol. The molecule has 0 unspecified atom stereocenters. The van der Waals surface area contributed by atoms with Gasteiger partial charge in [0.15, 0.2) is 11.5 Å². The molecule has 0 saturated heterocycles. The first kappa shape index (κ1) is 10.4. The van der Waals surface area contributed by atoms with Gasteiger partial charge < -0.3 is 14.6 Å². The highest BCUT2D eigenvalue weighted by Gasteiger charge is 2.33. The summed E-state index contributed by atoms with van der Waals surface area (Å²) in [5.74, 6) is -2.90. The number of hydrogen-bond donors (Lipinski definition) is 1. The van der Waals surface area contributed by atoms with E-state index in [2.05, 4.69) is 0 Å². The molecule has 1 heterocycles. The molecule has 1 aliphatic rings. The van der Waals surface area contributed by atoms with Crippen molar-refractivity contribution >= 4 is 11.6 Å². The van der Waals surface area contributed by atoms with Crippen LogP contribution in [0.25, 0.3) is 0 Å². The lowest BCUT2D eigenvalue weighted by atomic mass is 10.1. The van der Waals surface area contributed by atoms with Crippen LogP contribution >= 0.6 is 11.6 Å². The van der Waals surface area contributed by atoms with Crippen LogP contribution in [0.2, 0.25) is 5.02 Å². The Balaban J connectivity index is 2.48. The van der Waals surface area contributed by atoms with E-state index in [9.17, 15) is 8.78 Å². The Morgan fingerprint density at radius 3 is 2.80 bits per heavy atom. The summed E-state index contributed by atoms with van der Waals surface area (Å²) in [6, 6.07) is 2.18. The molecule has 15 heavy (non-hydrogen) atoms. The Morgan fingerprint density at radius 2 is 2.13 bits per heavy atom. The summed E-state index contributed by atoms with van der Waals surface area (Å²) in [6.07, 6.45) is 0. The molecular formula is C9H7ClF2O3. The van der Waals surface area contributed by atoms with E-state index >= 15 is 0 Å². The Labute approximate surface area is 89.2 Å². The highest BCUT2D eigenvalue weighted by atomic mass is 35.5. The predicted octanol–water partition coefficient (Wildman–Crippen LogP) is 2.15. The van der Waals surface area contributed by atoms with Gasteiger partial charge in [-0.25, -0.2) is 0 Å². The third-order valence-electron chi connectivity index (χ3n) is 2.05. The molecule has 82 valence electrons. The summed E-state index contributed by atoms with van der Waals surface area (Å²) in [7, 11) is 0. The fraction of sp³-hybridized carbons (Fsp3) is 0.333. The van der Waals surface area contributed by atoms with Gasteiger partial charge in [0.1, 0.15) is 6.61 Å². The van der Waals surface area contributed by atoms with Crippen LogP contribution in [-0.4, -0.2) is 18.5 Å². The van der Waals surface area contributed by atoms with Crippen molar-refractivity contribution in [3.63, 3.8) is 0 Å². The van der Waals surface area contributed by atoms with Crippen molar-refractivity contribution in [1.82, 2.24) is 0 Å². The number of rotatable bonds is 2. The van der Waals surface area contributed by atoms with Gasteiger partial charge in [-0.05, 0) is 12.1 Å². The number of benzene rings is 1. The largest absolute Gasteiger partial charge is 0.454 e. The molecule has 1 N–H and O–H groups in total. The normalized spacial score (nSPS) is 14.4. The number of halogens is 3. The monoisotopic (exact) mass is 236 g/mol. The van der Waals surface area contributed by atoms with Gasteiger partial charge in [0.05, 0.1) is 5.02 Å². The second-order valence-corrected chi connectivity index (χ2v) is 3.46. The third kappa shape index (κ3) is 1.72. The zero-order chi connectivity index (χ0) is 11.1. The van der Waals surface area contributed by atoms with Gasteiger partial charge in [-0.2, -0.15) is 8.78 Å². The van der Waals surface area contributed by atoms with Crippen molar-refractivity contribution in [1.29, 1.82) is 0 Å². The van der Waals surface area contributed by atoms with Crippen LogP contribution in [0.5, 0.6) is 11.5 Å². The highest BCUT2D eigenvalue weighted by Crippen LogP contribution is 2.43. The van der Waals surface area contributed by atoms with E-state index in [4.69, 9.17) is 26.2 Å². The number of alkyl halides is 2. The zero-order valence-corrected chi connectivity index (χ0v) is 8.22. The van der Waals surface area contributed by atoms with Crippen LogP contribution in [-0.2, 0) is 5.92 Å². The fourth-order valence-electron chi connectivity index (χ4n) is 1.27. The van der Waals surface area contributed by atoms with Gasteiger partial charge in [0.2, 0.25) is 6.79 Å². The second-order valence-electron chi connectivity index (χ2n) is 3.05. The number of aliphatic hydroxyl groups is 1. The first-order chi connectivity index (χ1) is 7.04. The molecule has 1 aromatic carbocycles. The maximum absolute atomic E-state index is 13.1. The van der Waals surface area contributed by atoms with E-state index in [1.807, 2.05) is 0 Å². The van der Waals surface area contributed by atoms with Crippen molar-refractivity contribution in [3.8, 4) is 11.5 Å². The Hall–Kier alpha value is -1.07. The van der Waals surface area contributed by atoms with Crippen molar-refractivity contribution in [2.24, 2.45) is 0 Å². The van der Waals surface area contributed by atoms with Crippen molar-refractivity contribution in [2.75, 3.05) is 13.4 Å². The van der Waals surface area contributed by atoms with Crippen LogP contribution in [0.1, 0.15) is 5.56 Å². The van der Waals surface area contributed by atoms with E-state index in [1.165, 1.54) is 0 Å². The molecule has 0 aliphatic carbocycles. The molecule has 0 radical (unpaired) electrons. The summed E-state index contributed by atoms with van der Waals surface area (Å²) < 4.78 is 36.2. The van der Waals surface area contributed by atoms with Gasteiger partial charge in [0, 0.05) is 5.56 Å². The maximum Gasteiger partial charge on any atom is 0.295 e. The first-order valence-corrected chi connectivity index (χ1v) is 4.50. The maximum atomic E-state index is 13.1. The summed E-state index contributed by atoms with van der Waals surface area (Å²) in [5.41, 5.74) is -0.390. The van der Waals surface area contributed by atoms with E-state index < -0.39 is 12.5 Å². The van der Waals surface area contributed by atoms with Gasteiger partial charge in [-0.1, -0.05) is 11.6 Å². The average Bonchev–Trinajstić information content (AvgIpc) is 2.66. The van der Waals surface area contributed by atoms with Crippen molar-refractivity contribution < 1.29 is 23.4 Å². The van der Waals surface area contributed by atoms with Crippen LogP contribution < -0.4 is 9.47 Å². The molecule has 0 saturated carbocycles. The highest BCUT2D eigenvalue weighted by molar-refractivity contribution is 6.32. The minimum Gasteiger partial charge on any atom is -0.454 e. The van der Waals surface area contributed by atoms with Gasteiger partial charge in [-0.3, -0.25) is 0 Å². The summed E-state index contributed by atoms with van der Waals surface area (Å²) in [5, 5.41) is 8.57. The standard InChI is InChI=1S/C9H7ClF2O3/c10-6-1-5(9(11,12)3-13)2-7-8(6)15-4-14-7/h1-2,13H,3-4H2. The molecule has 0 amide bonds.